The average Bonchev–Trinajstić information content (AvgIpc) is 3.11. The topological polar surface area (TPSA) is 32.3 Å². The van der Waals surface area contributed by atoms with Gasteiger partial charge in [0.05, 0.1) is 6.54 Å². The van der Waals surface area contributed by atoms with Gasteiger partial charge in [0.15, 0.2) is 0 Å². The fourth-order valence-corrected chi connectivity index (χ4v) is 2.51. The van der Waals surface area contributed by atoms with E-state index in [0.717, 1.165) is 0 Å². The molecule has 0 saturated heterocycles. The Kier molecular flexibility index (Phi) is 4.22. The van der Waals surface area contributed by atoms with Crippen LogP contribution in [0.5, 0.6) is 0 Å². The molecule has 0 heterocycles. The van der Waals surface area contributed by atoms with Crippen LogP contribution in [-0.4, -0.2) is 36.5 Å². The Morgan fingerprint density at radius 2 is 1.75 bits per heavy atom. The van der Waals surface area contributed by atoms with Gasteiger partial charge in [-0.2, -0.15) is 0 Å². The number of carbonyl (C=O) groups is 1. The minimum atomic E-state index is 0.270. The third kappa shape index (κ3) is 3.48. The molecule has 3 nitrogen and oxygen atoms in total. The summed E-state index contributed by atoms with van der Waals surface area (Å²) in [6.07, 6.45) is 10.3. The van der Waals surface area contributed by atoms with Crippen molar-refractivity contribution in [1.82, 2.24) is 10.2 Å². The molecule has 1 amide bonds. The Balaban J connectivity index is 1.66. The molecule has 0 bridgehead atoms. The van der Waals surface area contributed by atoms with E-state index in [0.29, 0.717) is 18.6 Å². The zero-order valence-corrected chi connectivity index (χ0v) is 10.4. The van der Waals surface area contributed by atoms with Crippen LogP contribution in [0.1, 0.15) is 51.4 Å². The molecule has 2 aliphatic rings. The van der Waals surface area contributed by atoms with Crippen LogP contribution in [0.4, 0.5) is 0 Å². The third-order valence-electron chi connectivity index (χ3n) is 3.89. The molecule has 0 unspecified atom stereocenters. The Labute approximate surface area is 98.6 Å². The molecule has 2 fully saturated rings. The van der Waals surface area contributed by atoms with Gasteiger partial charge in [-0.3, -0.25) is 4.79 Å². The Morgan fingerprint density at radius 1 is 1.12 bits per heavy atom. The summed E-state index contributed by atoms with van der Waals surface area (Å²) in [6.45, 7) is 0.539. The maximum atomic E-state index is 11.8. The number of rotatable bonds is 4. The molecule has 0 aromatic heterocycles. The number of carbonyl (C=O) groups excluding carboxylic acids is 1. The first-order valence-electron chi connectivity index (χ1n) is 6.76. The van der Waals surface area contributed by atoms with E-state index in [9.17, 15) is 4.79 Å². The summed E-state index contributed by atoms with van der Waals surface area (Å²) in [5, 5.41) is 3.43. The predicted octanol–water partition coefficient (Wildman–Crippen LogP) is 1.92. The highest BCUT2D eigenvalue weighted by Gasteiger charge is 2.29. The van der Waals surface area contributed by atoms with Gasteiger partial charge in [-0.05, 0) is 25.7 Å². The molecule has 2 aliphatic carbocycles. The van der Waals surface area contributed by atoms with E-state index in [4.69, 9.17) is 0 Å². The maximum Gasteiger partial charge on any atom is 0.236 e. The molecule has 2 rings (SSSR count). The number of hydrogen-bond donors (Lipinski definition) is 1. The van der Waals surface area contributed by atoms with Crippen LogP contribution < -0.4 is 5.32 Å². The standard InChI is InChI=1S/C13H24N2O/c1-15(12-8-9-12)13(16)10-14-11-6-4-2-3-5-7-11/h11-12,14H,2-10H2,1H3. The monoisotopic (exact) mass is 224 g/mol. The molecule has 0 aromatic carbocycles. The van der Waals surface area contributed by atoms with Crippen molar-refractivity contribution >= 4 is 5.91 Å². The first-order valence-corrected chi connectivity index (χ1v) is 6.76. The normalized spacial score (nSPS) is 22.8. The van der Waals surface area contributed by atoms with Crippen LogP contribution in [0, 0.1) is 0 Å². The van der Waals surface area contributed by atoms with Crippen LogP contribution in [0.2, 0.25) is 0 Å². The van der Waals surface area contributed by atoms with Crippen molar-refractivity contribution in [2.75, 3.05) is 13.6 Å². The maximum absolute atomic E-state index is 11.8. The fraction of sp³-hybridized carbons (Fsp3) is 0.923. The van der Waals surface area contributed by atoms with Gasteiger partial charge in [0.1, 0.15) is 0 Å². The predicted molar refractivity (Wildman–Crippen MR) is 65.3 cm³/mol. The summed E-state index contributed by atoms with van der Waals surface area (Å²) in [7, 11) is 1.94. The lowest BCUT2D eigenvalue weighted by atomic mass is 10.1. The molecular formula is C13H24N2O. The first-order chi connectivity index (χ1) is 7.77. The van der Waals surface area contributed by atoms with Crippen LogP contribution in [-0.2, 0) is 4.79 Å². The van der Waals surface area contributed by atoms with Gasteiger partial charge < -0.3 is 10.2 Å². The van der Waals surface area contributed by atoms with E-state index in [1.807, 2.05) is 11.9 Å². The van der Waals surface area contributed by atoms with Crippen molar-refractivity contribution < 1.29 is 4.79 Å². The lowest BCUT2D eigenvalue weighted by Crippen LogP contribution is -2.40. The zero-order valence-electron chi connectivity index (χ0n) is 10.4. The van der Waals surface area contributed by atoms with Crippen molar-refractivity contribution in [3.05, 3.63) is 0 Å². The zero-order chi connectivity index (χ0) is 11.4. The number of amides is 1. The Hall–Kier alpha value is -0.570. The minimum absolute atomic E-state index is 0.270. The Morgan fingerprint density at radius 3 is 2.31 bits per heavy atom. The van der Waals surface area contributed by atoms with E-state index in [1.165, 1.54) is 51.4 Å². The number of hydrogen-bond acceptors (Lipinski definition) is 2. The summed E-state index contributed by atoms with van der Waals surface area (Å²) < 4.78 is 0. The van der Waals surface area contributed by atoms with Crippen LogP contribution in [0.3, 0.4) is 0 Å². The van der Waals surface area contributed by atoms with Gasteiger partial charge in [0.2, 0.25) is 5.91 Å². The second-order valence-corrected chi connectivity index (χ2v) is 5.31. The average molecular weight is 224 g/mol. The van der Waals surface area contributed by atoms with Crippen molar-refractivity contribution in [3.63, 3.8) is 0 Å². The van der Waals surface area contributed by atoms with Gasteiger partial charge >= 0.3 is 0 Å². The van der Waals surface area contributed by atoms with Crippen molar-refractivity contribution in [2.45, 2.75) is 63.5 Å². The summed E-state index contributed by atoms with van der Waals surface area (Å²) in [6, 6.07) is 1.13. The summed E-state index contributed by atoms with van der Waals surface area (Å²) in [5.74, 6) is 0.270. The van der Waals surface area contributed by atoms with Crippen LogP contribution >= 0.6 is 0 Å². The highest BCUT2D eigenvalue weighted by molar-refractivity contribution is 5.78. The van der Waals surface area contributed by atoms with Gasteiger partial charge in [-0.1, -0.05) is 25.7 Å². The number of nitrogens with one attached hydrogen (secondary N) is 1. The van der Waals surface area contributed by atoms with Crippen LogP contribution in [0.25, 0.3) is 0 Å². The molecule has 1 N–H and O–H groups in total. The van der Waals surface area contributed by atoms with Gasteiger partial charge in [0.25, 0.3) is 0 Å². The molecule has 0 radical (unpaired) electrons. The van der Waals surface area contributed by atoms with Gasteiger partial charge in [-0.15, -0.1) is 0 Å². The largest absolute Gasteiger partial charge is 0.342 e. The van der Waals surface area contributed by atoms with Crippen LogP contribution in [0.15, 0.2) is 0 Å². The number of likely N-dealkylation sites (N-methyl/N-ethyl adjacent to an activating group) is 1. The lowest BCUT2D eigenvalue weighted by molar-refractivity contribution is -0.129. The van der Waals surface area contributed by atoms with E-state index in [1.54, 1.807) is 0 Å². The second-order valence-electron chi connectivity index (χ2n) is 5.31. The Bertz CT molecular complexity index is 230. The highest BCUT2D eigenvalue weighted by Crippen LogP contribution is 2.25. The SMILES string of the molecule is CN(C(=O)CNC1CCCCCC1)C1CC1. The lowest BCUT2D eigenvalue weighted by Gasteiger charge is -2.20. The van der Waals surface area contributed by atoms with Gasteiger partial charge in [0, 0.05) is 19.1 Å². The molecular weight excluding hydrogens is 200 g/mol. The molecule has 92 valence electrons. The summed E-state index contributed by atoms with van der Waals surface area (Å²) >= 11 is 0. The highest BCUT2D eigenvalue weighted by atomic mass is 16.2. The van der Waals surface area contributed by atoms with E-state index >= 15 is 0 Å². The molecule has 3 heteroatoms. The van der Waals surface area contributed by atoms with Gasteiger partial charge in [-0.25, -0.2) is 0 Å². The van der Waals surface area contributed by atoms with Crippen molar-refractivity contribution in [3.8, 4) is 0 Å². The van der Waals surface area contributed by atoms with Crippen molar-refractivity contribution in [1.29, 1.82) is 0 Å². The van der Waals surface area contributed by atoms with E-state index in [-0.39, 0.29) is 5.91 Å². The van der Waals surface area contributed by atoms with Crippen molar-refractivity contribution in [2.24, 2.45) is 0 Å². The molecule has 0 aromatic rings. The van der Waals surface area contributed by atoms with E-state index in [2.05, 4.69) is 5.32 Å². The fourth-order valence-electron chi connectivity index (χ4n) is 2.51. The first kappa shape index (κ1) is 11.9. The summed E-state index contributed by atoms with van der Waals surface area (Å²) in [4.78, 5) is 13.7. The molecule has 0 spiro atoms. The molecule has 16 heavy (non-hydrogen) atoms. The smallest absolute Gasteiger partial charge is 0.236 e. The molecule has 2 saturated carbocycles. The quantitative estimate of drug-likeness (QED) is 0.740. The molecule has 0 aliphatic heterocycles. The number of nitrogens with zero attached hydrogens (tertiary/aromatic N) is 1. The third-order valence-corrected chi connectivity index (χ3v) is 3.89. The second kappa shape index (κ2) is 5.67. The summed E-state index contributed by atoms with van der Waals surface area (Å²) in [5.41, 5.74) is 0. The van der Waals surface area contributed by atoms with E-state index < -0.39 is 0 Å². The minimum Gasteiger partial charge on any atom is -0.342 e. The molecule has 0 atom stereocenters.